The molecule has 36 heavy (non-hydrogen) atoms. The molecule has 2 amide bonds. The number of piperazine rings is 1. The molecule has 0 radical (unpaired) electrons. The molecular weight excluding hydrogens is 456 g/mol. The number of nitrogens with zero attached hydrogens (tertiary/aromatic N) is 5. The molecule has 0 atom stereocenters. The summed E-state index contributed by atoms with van der Waals surface area (Å²) in [5, 5.41) is 1.12. The molecule has 9 heteroatoms. The second kappa shape index (κ2) is 10.7. The van der Waals surface area contributed by atoms with E-state index in [-0.39, 0.29) is 0 Å². The normalized spacial score (nSPS) is 14.3. The fourth-order valence-corrected chi connectivity index (χ4v) is 3.78. The Balaban J connectivity index is 1.52. The Morgan fingerprint density at radius 1 is 0.917 bits per heavy atom. The molecule has 3 aromatic rings. The van der Waals surface area contributed by atoms with Crippen LogP contribution in [0.2, 0.25) is 0 Å². The third-order valence-corrected chi connectivity index (χ3v) is 5.77. The summed E-state index contributed by atoms with van der Waals surface area (Å²) in [6, 6.07) is 14.6. The maximum absolute atomic E-state index is 13.1. The van der Waals surface area contributed by atoms with Crippen molar-refractivity contribution in [2.75, 3.05) is 43.1 Å². The van der Waals surface area contributed by atoms with E-state index in [0.717, 1.165) is 48.1 Å². The Morgan fingerprint density at radius 2 is 1.56 bits per heavy atom. The van der Waals surface area contributed by atoms with Crippen molar-refractivity contribution in [2.24, 2.45) is 0 Å². The Hall–Kier alpha value is -3.98. The summed E-state index contributed by atoms with van der Waals surface area (Å²) in [5.41, 5.74) is 4.72. The predicted molar refractivity (Wildman–Crippen MR) is 140 cm³/mol. The van der Waals surface area contributed by atoms with Gasteiger partial charge in [-0.1, -0.05) is 12.1 Å². The Bertz CT molecular complexity index is 1170. The van der Waals surface area contributed by atoms with E-state index in [1.807, 2.05) is 30.3 Å². The minimum Gasteiger partial charge on any atom is -0.442 e. The predicted octanol–water partition coefficient (Wildman–Crippen LogP) is 3.98. The summed E-state index contributed by atoms with van der Waals surface area (Å²) in [5.74, 6) is 0.367. The van der Waals surface area contributed by atoms with Crippen LogP contribution in [0.4, 0.5) is 16.3 Å². The van der Waals surface area contributed by atoms with Crippen LogP contribution in [0.5, 0.6) is 0 Å². The van der Waals surface area contributed by atoms with Gasteiger partial charge in [-0.3, -0.25) is 15.2 Å². The molecule has 0 unspecified atom stereocenters. The number of hydrogen-bond acceptors (Lipinski definition) is 7. The summed E-state index contributed by atoms with van der Waals surface area (Å²) in [4.78, 5) is 39.1. The first-order valence-electron chi connectivity index (χ1n) is 11.9. The lowest BCUT2D eigenvalue weighted by atomic mass is 10.1. The number of carbonyl (C=O) groups is 2. The highest BCUT2D eigenvalue weighted by Crippen LogP contribution is 2.24. The van der Waals surface area contributed by atoms with Gasteiger partial charge in [-0.25, -0.2) is 9.78 Å². The number of anilines is 2. The van der Waals surface area contributed by atoms with E-state index in [0.29, 0.717) is 11.3 Å². The molecule has 0 bridgehead atoms. The van der Waals surface area contributed by atoms with Gasteiger partial charge in [-0.15, -0.1) is 0 Å². The number of benzene rings is 1. The summed E-state index contributed by atoms with van der Waals surface area (Å²) in [6.07, 6.45) is 4.29. The van der Waals surface area contributed by atoms with Crippen molar-refractivity contribution < 1.29 is 14.3 Å². The number of hydrogen-bond donors (Lipinski definition) is 1. The highest BCUT2D eigenvalue weighted by molar-refractivity contribution is 5.99. The summed E-state index contributed by atoms with van der Waals surface area (Å²) in [7, 11) is 2.10. The Morgan fingerprint density at radius 3 is 2.14 bits per heavy atom. The molecule has 4 rings (SSSR count). The van der Waals surface area contributed by atoms with Crippen molar-refractivity contribution in [3.8, 4) is 11.1 Å². The van der Waals surface area contributed by atoms with Gasteiger partial charge < -0.3 is 14.5 Å². The molecular formula is C27H32N6O3. The summed E-state index contributed by atoms with van der Waals surface area (Å²) in [6.45, 7) is 9.03. The van der Waals surface area contributed by atoms with Gasteiger partial charge in [0.1, 0.15) is 11.4 Å². The second-order valence-electron chi connectivity index (χ2n) is 9.73. The highest BCUT2D eigenvalue weighted by atomic mass is 16.6. The minimum atomic E-state index is -0.733. The Kier molecular flexibility index (Phi) is 7.49. The van der Waals surface area contributed by atoms with E-state index in [2.05, 4.69) is 32.2 Å². The van der Waals surface area contributed by atoms with Gasteiger partial charge >= 0.3 is 6.09 Å². The van der Waals surface area contributed by atoms with Crippen molar-refractivity contribution in [3.63, 3.8) is 0 Å². The molecule has 0 aliphatic carbocycles. The topological polar surface area (TPSA) is 90.9 Å². The number of carbonyl (C=O) groups excluding carboxylic acids is 2. The number of amides is 2. The smallest absolute Gasteiger partial charge is 0.434 e. The first kappa shape index (κ1) is 25.1. The summed E-state index contributed by atoms with van der Waals surface area (Å²) >= 11 is 0. The number of likely N-dealkylation sites (N-methyl/N-ethyl adjacent to an activating group) is 1. The number of rotatable bonds is 4. The molecule has 1 aliphatic heterocycles. The van der Waals surface area contributed by atoms with E-state index < -0.39 is 17.6 Å². The molecule has 1 aromatic carbocycles. The third kappa shape index (κ3) is 6.37. The number of aromatic nitrogens is 2. The van der Waals surface area contributed by atoms with Gasteiger partial charge in [-0.2, -0.15) is 5.01 Å². The van der Waals surface area contributed by atoms with E-state index >= 15 is 0 Å². The summed E-state index contributed by atoms with van der Waals surface area (Å²) < 4.78 is 5.55. The molecule has 9 nitrogen and oxygen atoms in total. The second-order valence-corrected chi connectivity index (χ2v) is 9.73. The first-order chi connectivity index (χ1) is 17.2. The van der Waals surface area contributed by atoms with Crippen molar-refractivity contribution in [1.82, 2.24) is 20.3 Å². The molecule has 1 saturated heterocycles. The van der Waals surface area contributed by atoms with Gasteiger partial charge in [-0.05, 0) is 75.3 Å². The number of pyridine rings is 2. The number of nitrogens with one attached hydrogen (secondary N) is 1. The van der Waals surface area contributed by atoms with Gasteiger partial charge in [0.2, 0.25) is 0 Å². The van der Waals surface area contributed by atoms with Crippen molar-refractivity contribution in [2.45, 2.75) is 26.4 Å². The lowest BCUT2D eigenvalue weighted by Gasteiger charge is -2.33. The monoisotopic (exact) mass is 488 g/mol. The van der Waals surface area contributed by atoms with Crippen LogP contribution in [0.1, 0.15) is 31.1 Å². The lowest BCUT2D eigenvalue weighted by molar-refractivity contribution is 0.0548. The molecule has 188 valence electrons. The quantitative estimate of drug-likeness (QED) is 0.556. The fourth-order valence-electron chi connectivity index (χ4n) is 3.78. The van der Waals surface area contributed by atoms with Gasteiger partial charge in [0, 0.05) is 44.8 Å². The molecule has 1 aliphatic rings. The first-order valence-corrected chi connectivity index (χ1v) is 11.9. The van der Waals surface area contributed by atoms with Crippen LogP contribution in [0, 0.1) is 0 Å². The van der Waals surface area contributed by atoms with Crippen LogP contribution < -0.4 is 15.3 Å². The van der Waals surface area contributed by atoms with Crippen LogP contribution in [0.25, 0.3) is 11.1 Å². The molecule has 2 aromatic heterocycles. The van der Waals surface area contributed by atoms with E-state index in [1.165, 1.54) is 6.20 Å². The maximum atomic E-state index is 13.1. The molecule has 1 N–H and O–H groups in total. The average Bonchev–Trinajstić information content (AvgIpc) is 2.87. The Labute approximate surface area is 211 Å². The molecule has 1 fully saturated rings. The lowest BCUT2D eigenvalue weighted by Crippen LogP contribution is -2.48. The zero-order valence-corrected chi connectivity index (χ0v) is 21.1. The zero-order valence-electron chi connectivity index (χ0n) is 21.1. The van der Waals surface area contributed by atoms with Crippen LogP contribution in [-0.2, 0) is 4.74 Å². The van der Waals surface area contributed by atoms with Crippen molar-refractivity contribution >= 4 is 23.5 Å². The zero-order chi connectivity index (χ0) is 25.7. The van der Waals surface area contributed by atoms with E-state index in [1.54, 1.807) is 51.4 Å². The standard InChI is InChI=1S/C27H32N6O3/c1-27(2,3)36-26(35)33(23-8-5-20(6-9-23)21-11-13-28-14-12-21)30-25(34)22-7-10-24(29-19-22)32-17-15-31(4)16-18-32/h5-14,19H,15-18H2,1-4H3,(H,30,34). The van der Waals surface area contributed by atoms with Crippen molar-refractivity contribution in [3.05, 3.63) is 72.7 Å². The van der Waals surface area contributed by atoms with Gasteiger partial charge in [0.15, 0.2) is 0 Å². The van der Waals surface area contributed by atoms with Gasteiger partial charge in [0.25, 0.3) is 5.91 Å². The third-order valence-electron chi connectivity index (χ3n) is 5.77. The van der Waals surface area contributed by atoms with Crippen LogP contribution in [-0.4, -0.2) is 65.7 Å². The molecule has 3 heterocycles. The van der Waals surface area contributed by atoms with Gasteiger partial charge in [0.05, 0.1) is 11.3 Å². The number of hydrazine groups is 1. The highest BCUT2D eigenvalue weighted by Gasteiger charge is 2.26. The molecule has 0 spiro atoms. The van der Waals surface area contributed by atoms with E-state index in [4.69, 9.17) is 4.74 Å². The fraction of sp³-hybridized carbons (Fsp3) is 0.333. The average molecular weight is 489 g/mol. The van der Waals surface area contributed by atoms with Crippen LogP contribution >= 0.6 is 0 Å². The molecule has 0 saturated carbocycles. The maximum Gasteiger partial charge on any atom is 0.434 e. The number of ether oxygens (including phenoxy) is 1. The minimum absolute atomic E-state index is 0.342. The largest absolute Gasteiger partial charge is 0.442 e. The van der Waals surface area contributed by atoms with Crippen molar-refractivity contribution in [1.29, 1.82) is 0 Å². The van der Waals surface area contributed by atoms with Crippen LogP contribution in [0.15, 0.2) is 67.1 Å². The van der Waals surface area contributed by atoms with Crippen LogP contribution in [0.3, 0.4) is 0 Å². The van der Waals surface area contributed by atoms with E-state index in [9.17, 15) is 9.59 Å². The SMILES string of the molecule is CN1CCN(c2ccc(C(=O)NN(C(=O)OC(C)(C)C)c3ccc(-c4ccncc4)cc3)cn2)CC1.